The highest BCUT2D eigenvalue weighted by atomic mass is 16.5. The molecular formula is C11H11NO3. The Hall–Kier alpha value is -1.86. The number of carbonyl (C=O) groups excluding carboxylic acids is 1. The van der Waals surface area contributed by atoms with Crippen LogP contribution >= 0.6 is 0 Å². The molecule has 4 heteroatoms. The number of nitrogens with zero attached hydrogens (tertiary/aromatic N) is 1. The van der Waals surface area contributed by atoms with E-state index < -0.39 is 0 Å². The van der Waals surface area contributed by atoms with Crippen LogP contribution in [-0.2, 0) is 6.61 Å². The van der Waals surface area contributed by atoms with Crippen molar-refractivity contribution in [1.29, 1.82) is 0 Å². The zero-order valence-corrected chi connectivity index (χ0v) is 8.57. The van der Waals surface area contributed by atoms with E-state index in [2.05, 4.69) is 4.85 Å². The highest BCUT2D eigenvalue weighted by molar-refractivity contribution is 5.98. The molecule has 0 atom stereocenters. The van der Waals surface area contributed by atoms with Crippen molar-refractivity contribution in [2.24, 2.45) is 0 Å². The van der Waals surface area contributed by atoms with Crippen molar-refractivity contribution in [1.82, 2.24) is 0 Å². The van der Waals surface area contributed by atoms with Gasteiger partial charge >= 0.3 is 0 Å². The normalized spacial score (nSPS) is 9.47. The lowest BCUT2D eigenvalue weighted by molar-refractivity contribution is 0.101. The maximum Gasteiger partial charge on any atom is 0.193 e. The molecular weight excluding hydrogens is 194 g/mol. The van der Waals surface area contributed by atoms with Crippen LogP contribution in [0.1, 0.15) is 22.8 Å². The molecule has 1 N–H and O–H groups in total. The summed E-state index contributed by atoms with van der Waals surface area (Å²) in [4.78, 5) is 14.5. The van der Waals surface area contributed by atoms with E-state index in [1.807, 2.05) is 0 Å². The first-order valence-electron chi connectivity index (χ1n) is 4.34. The van der Waals surface area contributed by atoms with Crippen LogP contribution in [0.5, 0.6) is 5.75 Å². The molecule has 0 spiro atoms. The minimum Gasteiger partial charge on any atom is -0.496 e. The maximum atomic E-state index is 11.2. The molecule has 15 heavy (non-hydrogen) atoms. The quantitative estimate of drug-likeness (QED) is 0.606. The van der Waals surface area contributed by atoms with Crippen LogP contribution in [0.25, 0.3) is 4.85 Å². The summed E-state index contributed by atoms with van der Waals surface area (Å²) in [6, 6.07) is 2.96. The first-order chi connectivity index (χ1) is 7.13. The van der Waals surface area contributed by atoms with Crippen molar-refractivity contribution in [2.75, 3.05) is 7.11 Å². The van der Waals surface area contributed by atoms with Crippen LogP contribution in [0.3, 0.4) is 0 Å². The Kier molecular flexibility index (Phi) is 3.42. The maximum absolute atomic E-state index is 11.2. The summed E-state index contributed by atoms with van der Waals surface area (Å²) < 4.78 is 5.01. The zero-order chi connectivity index (χ0) is 11.4. The number of aliphatic hydroxyl groups is 1. The number of Topliss-reactive ketones (excluding diaryl/α,β-unsaturated/α-hetero) is 1. The van der Waals surface area contributed by atoms with E-state index in [1.54, 1.807) is 0 Å². The van der Waals surface area contributed by atoms with Crippen LogP contribution in [-0.4, -0.2) is 18.0 Å². The van der Waals surface area contributed by atoms with Crippen molar-refractivity contribution >= 4 is 11.5 Å². The lowest BCUT2D eigenvalue weighted by Gasteiger charge is -2.09. The molecule has 0 aromatic heterocycles. The topological polar surface area (TPSA) is 50.9 Å². The summed E-state index contributed by atoms with van der Waals surface area (Å²) >= 11 is 0. The van der Waals surface area contributed by atoms with Crippen molar-refractivity contribution in [3.05, 3.63) is 34.7 Å². The van der Waals surface area contributed by atoms with Crippen LogP contribution in [0.15, 0.2) is 12.1 Å². The monoisotopic (exact) mass is 205 g/mol. The van der Waals surface area contributed by atoms with Gasteiger partial charge in [-0.05, 0) is 24.6 Å². The number of aliphatic hydroxyl groups excluding tert-OH is 1. The summed E-state index contributed by atoms with van der Waals surface area (Å²) in [7, 11) is 1.44. The van der Waals surface area contributed by atoms with E-state index in [4.69, 9.17) is 16.4 Å². The van der Waals surface area contributed by atoms with Crippen LogP contribution in [0.2, 0.25) is 0 Å². The van der Waals surface area contributed by atoms with Gasteiger partial charge in [0, 0.05) is 5.56 Å². The molecule has 0 saturated carbocycles. The summed E-state index contributed by atoms with van der Waals surface area (Å²) in [5.41, 5.74) is 1.11. The Morgan fingerprint density at radius 1 is 1.60 bits per heavy atom. The fourth-order valence-electron chi connectivity index (χ4n) is 1.29. The second kappa shape index (κ2) is 4.58. The Morgan fingerprint density at radius 3 is 2.67 bits per heavy atom. The predicted molar refractivity (Wildman–Crippen MR) is 55.2 cm³/mol. The van der Waals surface area contributed by atoms with Gasteiger partial charge in [0.2, 0.25) is 0 Å². The van der Waals surface area contributed by atoms with E-state index >= 15 is 0 Å². The van der Waals surface area contributed by atoms with Gasteiger partial charge in [0.05, 0.1) is 20.3 Å². The molecule has 0 amide bonds. The molecule has 0 heterocycles. The molecule has 0 aliphatic carbocycles. The summed E-state index contributed by atoms with van der Waals surface area (Å²) in [5, 5.41) is 9.02. The van der Waals surface area contributed by atoms with Gasteiger partial charge in [-0.3, -0.25) is 4.79 Å². The largest absolute Gasteiger partial charge is 0.496 e. The fourth-order valence-corrected chi connectivity index (χ4v) is 1.29. The molecule has 0 aliphatic rings. The summed E-state index contributed by atoms with van der Waals surface area (Å²) in [5.74, 6) is 0.222. The molecule has 0 fully saturated rings. The number of benzene rings is 1. The molecule has 1 aromatic rings. The molecule has 78 valence electrons. The lowest BCUT2D eigenvalue weighted by Crippen LogP contribution is -1.99. The Labute approximate surface area is 87.9 Å². The fraction of sp³-hybridized carbons (Fsp3) is 0.273. The van der Waals surface area contributed by atoms with E-state index in [0.29, 0.717) is 16.9 Å². The molecule has 0 radical (unpaired) electrons. The molecule has 0 unspecified atom stereocenters. The van der Waals surface area contributed by atoms with E-state index in [9.17, 15) is 4.79 Å². The first-order valence-corrected chi connectivity index (χ1v) is 4.34. The van der Waals surface area contributed by atoms with E-state index in [1.165, 1.54) is 26.2 Å². The number of ketones is 1. The zero-order valence-electron chi connectivity index (χ0n) is 8.57. The first kappa shape index (κ1) is 11.2. The SMILES string of the molecule is [C-]#[N+]c1cc(C(C)=O)c(OC)cc1CO. The van der Waals surface area contributed by atoms with Crippen molar-refractivity contribution < 1.29 is 14.6 Å². The number of ether oxygens (including phenoxy) is 1. The number of methoxy groups -OCH3 is 1. The molecule has 4 nitrogen and oxygen atoms in total. The third kappa shape index (κ3) is 2.14. The summed E-state index contributed by atoms with van der Waals surface area (Å²) in [6.45, 7) is 8.08. The Morgan fingerprint density at radius 2 is 2.27 bits per heavy atom. The van der Waals surface area contributed by atoms with Gasteiger partial charge in [-0.25, -0.2) is 4.85 Å². The van der Waals surface area contributed by atoms with Crippen LogP contribution < -0.4 is 4.74 Å². The molecule has 1 rings (SSSR count). The highest BCUT2D eigenvalue weighted by Gasteiger charge is 2.12. The number of hydrogen-bond acceptors (Lipinski definition) is 3. The average molecular weight is 205 g/mol. The lowest BCUT2D eigenvalue weighted by atomic mass is 10.1. The van der Waals surface area contributed by atoms with Crippen LogP contribution in [0.4, 0.5) is 5.69 Å². The standard InChI is InChI=1S/C11H11NO3/c1-7(14)9-5-10(12-2)8(6-13)4-11(9)15-3/h4-5,13H,6H2,1,3H3. The second-order valence-corrected chi connectivity index (χ2v) is 3.01. The Balaban J connectivity index is 3.42. The highest BCUT2D eigenvalue weighted by Crippen LogP contribution is 2.29. The van der Waals surface area contributed by atoms with Gasteiger partial charge in [-0.2, -0.15) is 0 Å². The second-order valence-electron chi connectivity index (χ2n) is 3.01. The molecule has 1 aromatic carbocycles. The summed E-state index contributed by atoms with van der Waals surface area (Å²) in [6.07, 6.45) is 0. The third-order valence-electron chi connectivity index (χ3n) is 2.07. The van der Waals surface area contributed by atoms with Gasteiger partial charge in [-0.1, -0.05) is 0 Å². The van der Waals surface area contributed by atoms with Gasteiger partial charge in [0.15, 0.2) is 11.5 Å². The van der Waals surface area contributed by atoms with Gasteiger partial charge < -0.3 is 9.84 Å². The van der Waals surface area contributed by atoms with Gasteiger partial charge in [0.25, 0.3) is 0 Å². The van der Waals surface area contributed by atoms with Gasteiger partial charge in [-0.15, -0.1) is 0 Å². The van der Waals surface area contributed by atoms with Gasteiger partial charge in [0.1, 0.15) is 5.75 Å². The number of hydrogen-bond donors (Lipinski definition) is 1. The van der Waals surface area contributed by atoms with Crippen LogP contribution in [0, 0.1) is 6.57 Å². The minimum atomic E-state index is -0.244. The minimum absolute atomic E-state index is 0.166. The van der Waals surface area contributed by atoms with Crippen molar-refractivity contribution in [2.45, 2.75) is 13.5 Å². The third-order valence-corrected chi connectivity index (χ3v) is 2.07. The van der Waals surface area contributed by atoms with Crippen molar-refractivity contribution in [3.8, 4) is 5.75 Å². The molecule has 0 bridgehead atoms. The van der Waals surface area contributed by atoms with Crippen molar-refractivity contribution in [3.63, 3.8) is 0 Å². The van der Waals surface area contributed by atoms with E-state index in [0.717, 1.165) is 0 Å². The molecule has 0 aliphatic heterocycles. The Bertz CT molecular complexity index is 432. The number of carbonyl (C=O) groups is 1. The predicted octanol–water partition coefficient (Wildman–Crippen LogP) is 1.94. The average Bonchev–Trinajstić information content (AvgIpc) is 2.26. The number of rotatable bonds is 3. The van der Waals surface area contributed by atoms with E-state index in [-0.39, 0.29) is 18.1 Å². The molecule has 0 saturated heterocycles. The smallest absolute Gasteiger partial charge is 0.193 e.